The number of aliphatic hydroxyl groups is 1. The van der Waals surface area contributed by atoms with Crippen molar-refractivity contribution in [3.63, 3.8) is 0 Å². The number of ether oxygens (including phenoxy) is 2. The zero-order chi connectivity index (χ0) is 31.1. The number of carbonyl (C=O) groups excluding carboxylic acids is 3. The van der Waals surface area contributed by atoms with Gasteiger partial charge in [0, 0.05) is 25.8 Å². The first-order valence-corrected chi connectivity index (χ1v) is 14.7. The fraction of sp³-hybridized carbons (Fsp3) is 0.441. The van der Waals surface area contributed by atoms with E-state index in [-0.39, 0.29) is 30.2 Å². The molecule has 0 aromatic heterocycles. The van der Waals surface area contributed by atoms with Crippen molar-refractivity contribution in [3.8, 4) is 5.75 Å². The Hall–Kier alpha value is -3.95. The average Bonchev–Trinajstić information content (AvgIpc) is 3.53. The molecule has 3 amide bonds. The second-order valence-electron chi connectivity index (χ2n) is 12.0. The van der Waals surface area contributed by atoms with Crippen molar-refractivity contribution >= 4 is 23.4 Å². The van der Waals surface area contributed by atoms with Crippen LogP contribution < -0.4 is 9.64 Å². The molecule has 0 radical (unpaired) electrons. The van der Waals surface area contributed by atoms with E-state index in [2.05, 4.69) is 13.2 Å². The Balaban J connectivity index is 1.68. The molecule has 1 N–H and O–H groups in total. The molecular formula is C34H41N3O6. The molecule has 1 spiro atoms. The Morgan fingerprint density at radius 2 is 1.77 bits per heavy atom. The van der Waals surface area contributed by atoms with E-state index in [9.17, 15) is 19.5 Å². The third kappa shape index (κ3) is 4.66. The first-order valence-electron chi connectivity index (χ1n) is 14.7. The van der Waals surface area contributed by atoms with E-state index in [4.69, 9.17) is 9.47 Å². The van der Waals surface area contributed by atoms with E-state index >= 15 is 0 Å². The van der Waals surface area contributed by atoms with Crippen molar-refractivity contribution < 1.29 is 29.0 Å². The number of benzene rings is 2. The summed E-state index contributed by atoms with van der Waals surface area (Å²) in [7, 11) is 3.26. The number of hydrogen-bond acceptors (Lipinski definition) is 6. The topological polar surface area (TPSA) is 99.6 Å². The van der Waals surface area contributed by atoms with E-state index in [1.165, 1.54) is 4.90 Å². The number of aliphatic hydroxyl groups excluding tert-OH is 1. The molecule has 9 heteroatoms. The van der Waals surface area contributed by atoms with Gasteiger partial charge in [0.15, 0.2) is 0 Å². The molecule has 3 saturated heterocycles. The van der Waals surface area contributed by atoms with Crippen LogP contribution in [-0.4, -0.2) is 83.7 Å². The minimum atomic E-state index is -1.27. The van der Waals surface area contributed by atoms with Gasteiger partial charge in [0.1, 0.15) is 17.4 Å². The fourth-order valence-corrected chi connectivity index (χ4v) is 7.58. The van der Waals surface area contributed by atoms with Crippen molar-refractivity contribution in [2.45, 2.75) is 43.6 Å². The molecule has 5 rings (SSSR count). The summed E-state index contributed by atoms with van der Waals surface area (Å²) >= 11 is 0. The third-order valence-corrected chi connectivity index (χ3v) is 9.69. The summed E-state index contributed by atoms with van der Waals surface area (Å²) < 4.78 is 12.2. The van der Waals surface area contributed by atoms with Crippen LogP contribution in [0.3, 0.4) is 0 Å². The maximum Gasteiger partial charge on any atom is 0.253 e. The van der Waals surface area contributed by atoms with Crippen LogP contribution in [0.4, 0.5) is 5.69 Å². The van der Waals surface area contributed by atoms with E-state index in [1.807, 2.05) is 44.2 Å². The molecule has 2 aromatic rings. The van der Waals surface area contributed by atoms with Gasteiger partial charge in [0.25, 0.3) is 5.91 Å². The molecule has 7 atom stereocenters. The quantitative estimate of drug-likeness (QED) is 0.404. The number of rotatable bonds is 11. The van der Waals surface area contributed by atoms with Crippen LogP contribution in [0.15, 0.2) is 79.9 Å². The Morgan fingerprint density at radius 1 is 1.12 bits per heavy atom. The maximum absolute atomic E-state index is 14.9. The minimum Gasteiger partial charge on any atom is -0.497 e. The molecule has 0 aliphatic carbocycles. The molecule has 228 valence electrons. The smallest absolute Gasteiger partial charge is 0.253 e. The predicted octanol–water partition coefficient (Wildman–Crippen LogP) is 3.60. The van der Waals surface area contributed by atoms with Crippen LogP contribution in [0.2, 0.25) is 0 Å². The molecule has 3 aliphatic heterocycles. The largest absolute Gasteiger partial charge is 0.497 e. The highest BCUT2D eigenvalue weighted by molar-refractivity contribution is 6.05. The number of fused-ring (bicyclic) bond motifs is 1. The Bertz CT molecular complexity index is 1400. The van der Waals surface area contributed by atoms with Crippen LogP contribution in [-0.2, 0) is 19.1 Å². The summed E-state index contributed by atoms with van der Waals surface area (Å²) in [5.74, 6) is -2.13. The van der Waals surface area contributed by atoms with Gasteiger partial charge in [-0.1, -0.05) is 49.4 Å². The van der Waals surface area contributed by atoms with Crippen LogP contribution in [0.5, 0.6) is 5.75 Å². The highest BCUT2D eigenvalue weighted by Gasteiger charge is 2.80. The number of amides is 3. The monoisotopic (exact) mass is 587 g/mol. The summed E-state index contributed by atoms with van der Waals surface area (Å²) in [6.07, 6.45) is 3.69. The maximum atomic E-state index is 14.9. The fourth-order valence-electron chi connectivity index (χ4n) is 7.58. The lowest BCUT2D eigenvalue weighted by Crippen LogP contribution is -2.57. The molecule has 2 bridgehead atoms. The van der Waals surface area contributed by atoms with Gasteiger partial charge in [0.2, 0.25) is 11.8 Å². The summed E-state index contributed by atoms with van der Waals surface area (Å²) in [6.45, 7) is 11.6. The van der Waals surface area contributed by atoms with Crippen molar-refractivity contribution in [3.05, 3.63) is 85.5 Å². The predicted molar refractivity (Wildman–Crippen MR) is 163 cm³/mol. The second-order valence-corrected chi connectivity index (χ2v) is 12.0. The summed E-state index contributed by atoms with van der Waals surface area (Å²) in [5, 5.41) is 10.8. The van der Waals surface area contributed by atoms with Crippen LogP contribution in [0.1, 0.15) is 31.9 Å². The number of carbonyl (C=O) groups is 3. The highest BCUT2D eigenvalue weighted by Crippen LogP contribution is 2.66. The van der Waals surface area contributed by atoms with Crippen LogP contribution in [0, 0.1) is 17.8 Å². The van der Waals surface area contributed by atoms with Gasteiger partial charge < -0.3 is 29.3 Å². The van der Waals surface area contributed by atoms with E-state index in [0.29, 0.717) is 30.0 Å². The summed E-state index contributed by atoms with van der Waals surface area (Å²) in [5.41, 5.74) is -0.940. The summed E-state index contributed by atoms with van der Waals surface area (Å²) in [4.78, 5) is 48.3. The highest BCUT2D eigenvalue weighted by atomic mass is 16.5. The van der Waals surface area contributed by atoms with E-state index in [0.717, 1.165) is 0 Å². The van der Waals surface area contributed by atoms with Crippen molar-refractivity contribution in [2.75, 3.05) is 38.8 Å². The van der Waals surface area contributed by atoms with Gasteiger partial charge >= 0.3 is 0 Å². The van der Waals surface area contributed by atoms with E-state index < -0.39 is 41.7 Å². The molecule has 2 aromatic carbocycles. The zero-order valence-corrected chi connectivity index (χ0v) is 25.3. The van der Waals surface area contributed by atoms with Crippen molar-refractivity contribution in [1.29, 1.82) is 0 Å². The van der Waals surface area contributed by atoms with Crippen molar-refractivity contribution in [2.24, 2.45) is 17.8 Å². The lowest BCUT2D eigenvalue weighted by Gasteiger charge is -2.39. The number of hydrogen-bond donors (Lipinski definition) is 1. The number of nitrogens with zero attached hydrogens (tertiary/aromatic N) is 3. The molecule has 3 fully saturated rings. The molecule has 3 heterocycles. The summed E-state index contributed by atoms with van der Waals surface area (Å²) in [6, 6.07) is 14.3. The SMILES string of the molecule is C=CCN(C)C(=O)[C@H]1[C@H]2C(=O)N([C@H](CO)c3ccccc3)C(C(=O)N(CC=C)c3ccc(OC)cc3)C23CC(C)[C@]1(C)O3. The van der Waals surface area contributed by atoms with E-state index in [1.54, 1.807) is 60.4 Å². The van der Waals surface area contributed by atoms with Gasteiger partial charge in [-0.25, -0.2) is 0 Å². The van der Waals surface area contributed by atoms with Crippen LogP contribution >= 0.6 is 0 Å². The van der Waals surface area contributed by atoms with Gasteiger partial charge in [-0.2, -0.15) is 0 Å². The standard InChI is InChI=1S/C34H41N3O6/c1-7-18-35(5)30(39)27-28-31(40)37(26(21-38)23-12-10-9-11-13-23)29(34(28)20-22(3)33(27,4)43-34)32(41)36(19-8-2)24-14-16-25(42-6)17-15-24/h7-17,22,26-29,38H,1-2,18-21H2,3-6H3/t22?,26-,27-,28+,29?,33+,34?/m1/s1. The molecule has 3 unspecified atom stereocenters. The van der Waals surface area contributed by atoms with Gasteiger partial charge in [-0.15, -0.1) is 13.2 Å². The van der Waals surface area contributed by atoms with Crippen molar-refractivity contribution in [1.82, 2.24) is 9.80 Å². The van der Waals surface area contributed by atoms with Crippen LogP contribution in [0.25, 0.3) is 0 Å². The first-order chi connectivity index (χ1) is 20.6. The molecular weight excluding hydrogens is 546 g/mol. The van der Waals surface area contributed by atoms with Gasteiger partial charge in [-0.05, 0) is 49.1 Å². The number of likely N-dealkylation sites (N-methyl/N-ethyl adjacent to an activating group) is 1. The third-order valence-electron chi connectivity index (χ3n) is 9.69. The first kappa shape index (κ1) is 30.5. The normalized spacial score (nSPS) is 29.6. The zero-order valence-electron chi connectivity index (χ0n) is 25.3. The average molecular weight is 588 g/mol. The molecule has 9 nitrogen and oxygen atoms in total. The van der Waals surface area contributed by atoms with Gasteiger partial charge in [0.05, 0.1) is 37.2 Å². The number of anilines is 1. The lowest BCUT2D eigenvalue weighted by molar-refractivity contribution is -0.153. The lowest BCUT2D eigenvalue weighted by atomic mass is 9.62. The molecule has 3 aliphatic rings. The number of methoxy groups -OCH3 is 1. The Labute approximate surface area is 253 Å². The molecule has 43 heavy (non-hydrogen) atoms. The second kappa shape index (κ2) is 11.6. The Kier molecular flexibility index (Phi) is 8.24. The van der Waals surface area contributed by atoms with Gasteiger partial charge in [-0.3, -0.25) is 14.4 Å². The minimum absolute atomic E-state index is 0.115. The Morgan fingerprint density at radius 3 is 2.35 bits per heavy atom. The molecule has 0 saturated carbocycles. The number of likely N-dealkylation sites (tertiary alicyclic amines) is 1.